The average molecular weight is 334 g/mol. The number of carbonyl (C=O) groups excluding carboxylic acids is 1. The summed E-state index contributed by atoms with van der Waals surface area (Å²) in [6.07, 6.45) is 10.5. The second-order valence-corrected chi connectivity index (χ2v) is 7.96. The van der Waals surface area contributed by atoms with Crippen molar-refractivity contribution in [1.82, 2.24) is 10.2 Å². The quantitative estimate of drug-likeness (QED) is 0.756. The number of ether oxygens (including phenoxy) is 1. The van der Waals surface area contributed by atoms with Crippen LogP contribution in [-0.2, 0) is 9.53 Å². The summed E-state index contributed by atoms with van der Waals surface area (Å²) in [5, 5.41) is 13.8. The summed E-state index contributed by atoms with van der Waals surface area (Å²) in [5.74, 6) is 0.583. The Labute approximate surface area is 144 Å². The summed E-state index contributed by atoms with van der Waals surface area (Å²) < 4.78 is 5.43. The number of methoxy groups -OCH3 is 1. The zero-order valence-corrected chi connectivity index (χ0v) is 14.6. The lowest BCUT2D eigenvalue weighted by Crippen LogP contribution is -2.61. The number of hydrogen-bond acceptors (Lipinski definition) is 4. The van der Waals surface area contributed by atoms with Gasteiger partial charge in [-0.2, -0.15) is 0 Å². The van der Waals surface area contributed by atoms with Crippen LogP contribution in [0.15, 0.2) is 11.6 Å². The largest absolute Gasteiger partial charge is 0.390 e. The van der Waals surface area contributed by atoms with Crippen LogP contribution in [0, 0.1) is 11.8 Å². The number of fused-ring (bicyclic) bond motifs is 3. The van der Waals surface area contributed by atoms with Gasteiger partial charge in [0.25, 0.3) is 0 Å². The van der Waals surface area contributed by atoms with Crippen molar-refractivity contribution in [3.05, 3.63) is 11.6 Å². The molecule has 4 fully saturated rings. The topological polar surface area (TPSA) is 61.8 Å². The van der Waals surface area contributed by atoms with Crippen LogP contribution >= 0.6 is 0 Å². The molecule has 2 aliphatic heterocycles. The van der Waals surface area contributed by atoms with Crippen molar-refractivity contribution >= 4 is 5.91 Å². The van der Waals surface area contributed by atoms with Gasteiger partial charge in [0.15, 0.2) is 0 Å². The van der Waals surface area contributed by atoms with Crippen molar-refractivity contribution in [3.8, 4) is 0 Å². The van der Waals surface area contributed by atoms with Gasteiger partial charge in [-0.25, -0.2) is 0 Å². The molecule has 2 saturated heterocycles. The lowest BCUT2D eigenvalue weighted by molar-refractivity contribution is -0.135. The maximum atomic E-state index is 12.5. The van der Waals surface area contributed by atoms with Crippen LogP contribution in [-0.4, -0.2) is 54.0 Å². The van der Waals surface area contributed by atoms with Crippen LogP contribution in [0.25, 0.3) is 0 Å². The molecule has 134 valence electrons. The van der Waals surface area contributed by atoms with Crippen LogP contribution in [0.3, 0.4) is 0 Å². The summed E-state index contributed by atoms with van der Waals surface area (Å²) >= 11 is 0. The first kappa shape index (κ1) is 16.6. The molecule has 0 spiro atoms. The zero-order valence-electron chi connectivity index (χ0n) is 14.6. The van der Waals surface area contributed by atoms with Gasteiger partial charge < -0.3 is 15.2 Å². The van der Waals surface area contributed by atoms with E-state index in [0.717, 1.165) is 45.1 Å². The van der Waals surface area contributed by atoms with Gasteiger partial charge in [0.1, 0.15) is 6.17 Å². The minimum atomic E-state index is -0.424. The van der Waals surface area contributed by atoms with E-state index < -0.39 is 6.10 Å². The fourth-order valence-corrected chi connectivity index (χ4v) is 5.39. The van der Waals surface area contributed by atoms with Crippen LogP contribution in [0.5, 0.6) is 0 Å². The summed E-state index contributed by atoms with van der Waals surface area (Å²) in [6, 6.07) is 0.423. The molecule has 1 amide bonds. The highest BCUT2D eigenvalue weighted by Gasteiger charge is 2.46. The Hall–Kier alpha value is -0.910. The van der Waals surface area contributed by atoms with E-state index in [-0.39, 0.29) is 30.0 Å². The van der Waals surface area contributed by atoms with E-state index in [1.54, 1.807) is 7.11 Å². The van der Waals surface area contributed by atoms with Gasteiger partial charge in [-0.3, -0.25) is 9.69 Å². The molecule has 0 radical (unpaired) electrons. The molecule has 2 aliphatic carbocycles. The number of rotatable bonds is 2. The Morgan fingerprint density at radius 2 is 2.04 bits per heavy atom. The third-order valence-electron chi connectivity index (χ3n) is 6.69. The van der Waals surface area contributed by atoms with Crippen LogP contribution < -0.4 is 5.32 Å². The summed E-state index contributed by atoms with van der Waals surface area (Å²) in [4.78, 5) is 15.1. The molecule has 0 aromatic rings. The lowest BCUT2D eigenvalue weighted by Gasteiger charge is -2.45. The van der Waals surface area contributed by atoms with E-state index in [1.165, 1.54) is 18.4 Å². The fourth-order valence-electron chi connectivity index (χ4n) is 5.39. The monoisotopic (exact) mass is 334 g/mol. The Morgan fingerprint density at radius 1 is 1.21 bits per heavy atom. The molecule has 0 aromatic carbocycles. The molecular weight excluding hydrogens is 304 g/mol. The van der Waals surface area contributed by atoms with Crippen LogP contribution in [0.1, 0.15) is 51.4 Å². The molecule has 6 atom stereocenters. The van der Waals surface area contributed by atoms with E-state index in [9.17, 15) is 9.90 Å². The Kier molecular flexibility index (Phi) is 4.67. The van der Waals surface area contributed by atoms with E-state index >= 15 is 0 Å². The molecule has 24 heavy (non-hydrogen) atoms. The van der Waals surface area contributed by atoms with Crippen molar-refractivity contribution in [2.24, 2.45) is 11.8 Å². The standard InChI is InChI=1S/C19H30N2O3/c1-24-16-8-4-5-12(17(16)22)11-13-9-10-21-15-7-3-2-6-14(15)19(23)20-18(13)21/h11-12,14-18,22H,2-10H2,1H3,(H,20,23)/b13-11+. The summed E-state index contributed by atoms with van der Waals surface area (Å²) in [6.45, 7) is 1.04. The maximum Gasteiger partial charge on any atom is 0.226 e. The second-order valence-electron chi connectivity index (χ2n) is 7.96. The molecule has 6 unspecified atom stereocenters. The third-order valence-corrected chi connectivity index (χ3v) is 6.69. The van der Waals surface area contributed by atoms with E-state index in [1.807, 2.05) is 0 Å². The SMILES string of the molecule is COC1CCCC(/C=C2\CCN3C2NC(=O)C2CCCCC23)C1O. The summed E-state index contributed by atoms with van der Waals surface area (Å²) in [7, 11) is 1.69. The van der Waals surface area contributed by atoms with Crippen molar-refractivity contribution in [2.75, 3.05) is 13.7 Å². The van der Waals surface area contributed by atoms with Gasteiger partial charge >= 0.3 is 0 Å². The smallest absolute Gasteiger partial charge is 0.226 e. The Morgan fingerprint density at radius 3 is 2.88 bits per heavy atom. The first-order valence-electron chi connectivity index (χ1n) is 9.66. The first-order chi connectivity index (χ1) is 11.7. The number of amides is 1. The highest BCUT2D eigenvalue weighted by molar-refractivity contribution is 5.81. The van der Waals surface area contributed by atoms with Crippen molar-refractivity contribution in [1.29, 1.82) is 0 Å². The van der Waals surface area contributed by atoms with E-state index in [4.69, 9.17) is 4.74 Å². The van der Waals surface area contributed by atoms with Crippen LogP contribution in [0.4, 0.5) is 0 Å². The van der Waals surface area contributed by atoms with E-state index in [2.05, 4.69) is 16.3 Å². The molecule has 0 bridgehead atoms. The third kappa shape index (κ3) is 2.80. The number of nitrogens with zero attached hydrogens (tertiary/aromatic N) is 1. The number of nitrogens with one attached hydrogen (secondary N) is 1. The molecule has 4 rings (SSSR count). The molecule has 2 N–H and O–H groups in total. The van der Waals surface area contributed by atoms with Gasteiger partial charge in [0.05, 0.1) is 18.1 Å². The minimum absolute atomic E-state index is 0.0539. The Balaban J connectivity index is 1.52. The molecule has 5 nitrogen and oxygen atoms in total. The maximum absolute atomic E-state index is 12.5. The van der Waals surface area contributed by atoms with Crippen LogP contribution in [0.2, 0.25) is 0 Å². The number of carbonyl (C=O) groups is 1. The molecule has 2 saturated carbocycles. The number of aliphatic hydroxyl groups excluding tert-OH is 1. The van der Waals surface area contributed by atoms with Gasteiger partial charge in [-0.1, -0.05) is 25.3 Å². The van der Waals surface area contributed by atoms with E-state index in [0.29, 0.717) is 6.04 Å². The lowest BCUT2D eigenvalue weighted by atomic mass is 9.80. The van der Waals surface area contributed by atoms with Crippen molar-refractivity contribution < 1.29 is 14.6 Å². The molecular formula is C19H30N2O3. The van der Waals surface area contributed by atoms with Gasteiger partial charge in [0.2, 0.25) is 5.91 Å². The predicted molar refractivity (Wildman–Crippen MR) is 91.2 cm³/mol. The molecule has 0 aromatic heterocycles. The molecule has 5 heteroatoms. The Bertz CT molecular complexity index is 521. The highest BCUT2D eigenvalue weighted by Crippen LogP contribution is 2.39. The predicted octanol–water partition coefficient (Wildman–Crippen LogP) is 1.81. The first-order valence-corrected chi connectivity index (χ1v) is 9.66. The highest BCUT2D eigenvalue weighted by atomic mass is 16.5. The fraction of sp³-hybridized carbons (Fsp3) is 0.842. The minimum Gasteiger partial charge on any atom is -0.390 e. The zero-order chi connectivity index (χ0) is 16.7. The molecule has 4 aliphatic rings. The normalized spacial score (nSPS) is 44.9. The summed E-state index contributed by atoms with van der Waals surface area (Å²) in [5.41, 5.74) is 1.30. The van der Waals surface area contributed by atoms with Crippen molar-refractivity contribution in [3.63, 3.8) is 0 Å². The number of aliphatic hydroxyl groups is 1. The van der Waals surface area contributed by atoms with Gasteiger partial charge in [-0.05, 0) is 37.7 Å². The van der Waals surface area contributed by atoms with Gasteiger partial charge in [-0.15, -0.1) is 0 Å². The number of hydrogen-bond donors (Lipinski definition) is 2. The second kappa shape index (κ2) is 6.77. The average Bonchev–Trinajstić information content (AvgIpc) is 3.00. The molecule has 2 heterocycles. The van der Waals surface area contributed by atoms with Gasteiger partial charge in [0, 0.05) is 25.6 Å². The van der Waals surface area contributed by atoms with Crippen molar-refractivity contribution in [2.45, 2.75) is 75.8 Å².